The first-order chi connectivity index (χ1) is 20.2. The highest BCUT2D eigenvalue weighted by Gasteiger charge is 2.31. The number of rotatable bonds is 10. The average molecular weight is 622 g/mol. The van der Waals surface area contributed by atoms with Crippen LogP contribution in [-0.4, -0.2) is 75.6 Å². The Morgan fingerprint density at radius 3 is 2.79 bits per heavy atom. The zero-order valence-corrected chi connectivity index (χ0v) is 24.3. The zero-order chi connectivity index (χ0) is 29.7. The third kappa shape index (κ3) is 8.23. The first-order valence-corrected chi connectivity index (χ1v) is 14.2. The van der Waals surface area contributed by atoms with E-state index in [0.29, 0.717) is 13.0 Å². The van der Waals surface area contributed by atoms with E-state index in [1.165, 1.54) is 11.6 Å². The number of hydrogen-bond acceptors (Lipinski definition) is 8. The minimum Gasteiger partial charge on any atom is -0.480 e. The molecule has 1 aromatic carbocycles. The highest BCUT2D eigenvalue weighted by Crippen LogP contribution is 2.32. The monoisotopic (exact) mass is 621 g/mol. The summed E-state index contributed by atoms with van der Waals surface area (Å²) in [6.07, 6.45) is 2.06. The van der Waals surface area contributed by atoms with Crippen molar-refractivity contribution in [2.75, 3.05) is 43.4 Å². The second kappa shape index (κ2) is 14.2. The smallest absolute Gasteiger partial charge is 0.416 e. The molecule has 0 aliphatic carbocycles. The molecule has 2 aliphatic rings. The molecular weight excluding hydrogens is 587 g/mol. The molecule has 2 aliphatic heterocycles. The number of pyridine rings is 1. The average Bonchev–Trinajstić information content (AvgIpc) is 2.98. The number of carboxylic acid groups (broad SMARTS) is 1. The van der Waals surface area contributed by atoms with Crippen LogP contribution < -0.4 is 16.0 Å². The van der Waals surface area contributed by atoms with Gasteiger partial charge in [0.2, 0.25) is 5.91 Å². The first kappa shape index (κ1) is 32.2. The molecule has 5 rings (SSSR count). The fourth-order valence-electron chi connectivity index (χ4n) is 5.52. The van der Waals surface area contributed by atoms with E-state index < -0.39 is 23.8 Å². The molecule has 1 fully saturated rings. The Labute approximate surface area is 253 Å². The van der Waals surface area contributed by atoms with E-state index in [-0.39, 0.29) is 47.5 Å². The van der Waals surface area contributed by atoms with Gasteiger partial charge in [0.1, 0.15) is 24.0 Å². The molecule has 0 radical (unpaired) electrons. The Hall–Kier alpha value is -3.71. The summed E-state index contributed by atoms with van der Waals surface area (Å²) < 4.78 is 39.3. The number of alkyl halides is 3. The molecule has 3 aromatic rings. The maximum absolute atomic E-state index is 13.1. The number of aliphatic carboxylic acids is 1. The van der Waals surface area contributed by atoms with Crippen molar-refractivity contribution in [3.8, 4) is 0 Å². The summed E-state index contributed by atoms with van der Waals surface area (Å²) in [4.78, 5) is 39.9. The number of aryl methyl sites for hydroxylation is 2. The van der Waals surface area contributed by atoms with Crippen LogP contribution in [0.15, 0.2) is 36.7 Å². The number of carboxylic acids is 1. The molecule has 2 unspecified atom stereocenters. The summed E-state index contributed by atoms with van der Waals surface area (Å²) in [5.74, 6) is -0.655. The van der Waals surface area contributed by atoms with Crippen LogP contribution in [-0.2, 0) is 28.6 Å². The predicted molar refractivity (Wildman–Crippen MR) is 158 cm³/mol. The number of fused-ring (bicyclic) bond motifs is 2. The fourth-order valence-corrected chi connectivity index (χ4v) is 5.52. The molecule has 43 heavy (non-hydrogen) atoms. The number of amides is 1. The summed E-state index contributed by atoms with van der Waals surface area (Å²) in [6, 6.07) is 5.98. The number of carbonyl (C=O) groups is 2. The molecule has 4 heterocycles. The van der Waals surface area contributed by atoms with Gasteiger partial charge in [0.05, 0.1) is 17.0 Å². The third-order valence-corrected chi connectivity index (χ3v) is 7.79. The predicted octanol–water partition coefficient (Wildman–Crippen LogP) is 4.15. The highest BCUT2D eigenvalue weighted by atomic mass is 35.5. The topological polar surface area (TPSA) is 132 Å². The maximum Gasteiger partial charge on any atom is 0.416 e. The van der Waals surface area contributed by atoms with Gasteiger partial charge in [-0.15, -0.1) is 12.4 Å². The van der Waals surface area contributed by atoms with E-state index in [9.17, 15) is 27.9 Å². The van der Waals surface area contributed by atoms with Crippen molar-refractivity contribution in [1.29, 1.82) is 0 Å². The van der Waals surface area contributed by atoms with Crippen molar-refractivity contribution < 1.29 is 27.9 Å². The largest absolute Gasteiger partial charge is 0.480 e. The Bertz CT molecular complexity index is 1440. The summed E-state index contributed by atoms with van der Waals surface area (Å²) >= 11 is 0. The lowest BCUT2D eigenvalue weighted by Gasteiger charge is -2.32. The number of benzene rings is 1. The van der Waals surface area contributed by atoms with Crippen LogP contribution in [0.4, 0.5) is 24.8 Å². The number of nitrogens with one attached hydrogen (secondary N) is 3. The van der Waals surface area contributed by atoms with Gasteiger partial charge in [-0.25, -0.2) is 19.7 Å². The van der Waals surface area contributed by atoms with Gasteiger partial charge in [-0.1, -0.05) is 6.07 Å². The molecule has 1 saturated heterocycles. The van der Waals surface area contributed by atoms with E-state index in [2.05, 4.69) is 43.0 Å². The Morgan fingerprint density at radius 2 is 2.00 bits per heavy atom. The lowest BCUT2D eigenvalue weighted by molar-refractivity contribution is -0.138. The number of anilines is 2. The second-order valence-electron chi connectivity index (χ2n) is 10.8. The van der Waals surface area contributed by atoms with Crippen molar-refractivity contribution in [3.63, 3.8) is 0 Å². The van der Waals surface area contributed by atoms with Gasteiger partial charge in [-0.2, -0.15) is 13.2 Å². The minimum atomic E-state index is -4.54. The van der Waals surface area contributed by atoms with E-state index >= 15 is 0 Å². The molecule has 1 amide bonds. The summed E-state index contributed by atoms with van der Waals surface area (Å²) in [7, 11) is 0. The number of aromatic nitrogens is 3. The summed E-state index contributed by atoms with van der Waals surface area (Å²) in [6.45, 7) is 3.07. The van der Waals surface area contributed by atoms with E-state index in [1.807, 2.05) is 0 Å². The number of hydrogen-bond donors (Lipinski definition) is 4. The van der Waals surface area contributed by atoms with Crippen LogP contribution >= 0.6 is 12.4 Å². The molecule has 10 nitrogen and oxygen atoms in total. The van der Waals surface area contributed by atoms with Crippen molar-refractivity contribution >= 4 is 46.8 Å². The molecule has 0 spiro atoms. The number of carbonyl (C=O) groups excluding carboxylic acids is 1. The van der Waals surface area contributed by atoms with Crippen molar-refractivity contribution in [1.82, 2.24) is 25.2 Å². The van der Waals surface area contributed by atoms with Gasteiger partial charge in [0.15, 0.2) is 0 Å². The first-order valence-electron chi connectivity index (χ1n) is 14.2. The van der Waals surface area contributed by atoms with Crippen molar-refractivity contribution in [3.05, 3.63) is 53.5 Å². The maximum atomic E-state index is 13.1. The van der Waals surface area contributed by atoms with Gasteiger partial charge in [0.25, 0.3) is 0 Å². The van der Waals surface area contributed by atoms with Crippen LogP contribution in [0.25, 0.3) is 10.9 Å². The highest BCUT2D eigenvalue weighted by molar-refractivity contribution is 5.91. The molecule has 2 aromatic heterocycles. The van der Waals surface area contributed by atoms with Gasteiger partial charge in [-0.05, 0) is 81.4 Å². The summed E-state index contributed by atoms with van der Waals surface area (Å²) in [5, 5.41) is 18.9. The van der Waals surface area contributed by atoms with Crippen LogP contribution in [0.3, 0.4) is 0 Å². The third-order valence-electron chi connectivity index (χ3n) is 7.79. The van der Waals surface area contributed by atoms with Crippen molar-refractivity contribution in [2.24, 2.45) is 5.92 Å². The minimum absolute atomic E-state index is 0. The number of halogens is 4. The number of likely N-dealkylation sites (tertiary alicyclic amines) is 1. The Morgan fingerprint density at radius 1 is 1.16 bits per heavy atom. The molecule has 2 atom stereocenters. The van der Waals surface area contributed by atoms with E-state index in [1.54, 1.807) is 0 Å². The Balaban J connectivity index is 0.00000423. The van der Waals surface area contributed by atoms with Gasteiger partial charge in [0, 0.05) is 30.7 Å². The molecule has 4 N–H and O–H groups in total. The zero-order valence-electron chi connectivity index (χ0n) is 23.5. The fraction of sp³-hybridized carbons (Fsp3) is 0.483. The van der Waals surface area contributed by atoms with Gasteiger partial charge >= 0.3 is 12.1 Å². The molecule has 14 heteroatoms. The SMILES string of the molecule is Cl.O=C(NCC(Nc1ncnc2cc(C(F)(F)F)ccc12)C(=O)O)C1CCCN(CCCc2ccc3c(n2)NCCC3)C1. The second-order valence-corrected chi connectivity index (χ2v) is 10.8. The van der Waals surface area contributed by atoms with Crippen LogP contribution in [0.2, 0.25) is 0 Å². The molecule has 0 saturated carbocycles. The van der Waals surface area contributed by atoms with Crippen LogP contribution in [0, 0.1) is 5.92 Å². The normalized spacial score (nSPS) is 17.7. The van der Waals surface area contributed by atoms with Crippen LogP contribution in [0.1, 0.15) is 42.5 Å². The standard InChI is InChI=1S/C29H34F3N7O3.ClH/c30-29(31,32)20-8-10-22-23(14-20)35-17-36-26(22)38-24(28(41)42)15-34-27(40)19-5-2-12-39(16-19)13-3-6-21-9-7-18-4-1-11-33-25(18)37-21;/h7-10,14,17,19,24H,1-6,11-13,15-16H2,(H,33,37)(H,34,40)(H,41,42)(H,35,36,38);1H. The van der Waals surface area contributed by atoms with E-state index in [4.69, 9.17) is 4.98 Å². The molecule has 232 valence electrons. The van der Waals surface area contributed by atoms with Crippen molar-refractivity contribution in [2.45, 2.75) is 50.7 Å². The quantitative estimate of drug-likeness (QED) is 0.264. The number of nitrogens with zero attached hydrogens (tertiary/aromatic N) is 4. The number of piperidine rings is 1. The lowest BCUT2D eigenvalue weighted by Crippen LogP contribution is -2.47. The van der Waals surface area contributed by atoms with Gasteiger partial charge < -0.3 is 26.0 Å². The summed E-state index contributed by atoms with van der Waals surface area (Å²) in [5.41, 5.74) is 1.48. The van der Waals surface area contributed by atoms with Crippen LogP contribution in [0.5, 0.6) is 0 Å². The lowest BCUT2D eigenvalue weighted by atomic mass is 9.96. The Kier molecular flexibility index (Phi) is 10.6. The van der Waals surface area contributed by atoms with Gasteiger partial charge in [-0.3, -0.25) is 4.79 Å². The molecular formula is C29H35ClF3N7O3. The van der Waals surface area contributed by atoms with E-state index in [0.717, 1.165) is 81.7 Å². The molecule has 0 bridgehead atoms.